The average Bonchev–Trinajstić information content (AvgIpc) is 2.28. The number of hydrogen-bond acceptors (Lipinski definition) is 5. The van der Waals surface area contributed by atoms with E-state index in [4.69, 9.17) is 10.4 Å². The quantitative estimate of drug-likeness (QED) is 0.577. The van der Waals surface area contributed by atoms with Crippen LogP contribution >= 0.6 is 0 Å². The highest BCUT2D eigenvalue weighted by molar-refractivity contribution is 5.44. The monoisotopic (exact) mass is 223 g/mol. The van der Waals surface area contributed by atoms with Crippen LogP contribution in [-0.2, 0) is 0 Å². The van der Waals surface area contributed by atoms with Gasteiger partial charge in [-0.3, -0.25) is 0 Å². The van der Waals surface area contributed by atoms with Crippen molar-refractivity contribution in [3.05, 3.63) is 29.3 Å². The minimum Gasteiger partial charge on any atom is -0.507 e. The molecular formula is C11H13NO4. The van der Waals surface area contributed by atoms with Gasteiger partial charge in [-0.2, -0.15) is 5.26 Å². The molecule has 5 heteroatoms. The van der Waals surface area contributed by atoms with Crippen LogP contribution in [0.1, 0.15) is 23.7 Å². The van der Waals surface area contributed by atoms with E-state index in [9.17, 15) is 15.3 Å². The normalized spacial score (nSPS) is 14.1. The van der Waals surface area contributed by atoms with Crippen LogP contribution in [0.5, 0.6) is 5.75 Å². The van der Waals surface area contributed by atoms with E-state index in [0.29, 0.717) is 5.56 Å². The number of hydrogen-bond donors (Lipinski definition) is 4. The topological polar surface area (TPSA) is 105 Å². The van der Waals surface area contributed by atoms with Gasteiger partial charge in [0.05, 0.1) is 11.7 Å². The second-order valence-corrected chi connectivity index (χ2v) is 3.41. The van der Waals surface area contributed by atoms with Crippen LogP contribution in [-0.4, -0.2) is 33.1 Å². The summed E-state index contributed by atoms with van der Waals surface area (Å²) in [5.41, 5.74) is 0.407. The molecule has 0 bridgehead atoms. The van der Waals surface area contributed by atoms with E-state index in [2.05, 4.69) is 0 Å². The molecule has 0 radical (unpaired) electrons. The van der Waals surface area contributed by atoms with Crippen LogP contribution in [0.25, 0.3) is 0 Å². The predicted octanol–water partition coefficient (Wildman–Crippen LogP) is 0.0406. The van der Waals surface area contributed by atoms with Crippen molar-refractivity contribution in [2.75, 3.05) is 6.61 Å². The molecule has 0 amide bonds. The molecule has 0 aromatic heterocycles. The lowest BCUT2D eigenvalue weighted by Crippen LogP contribution is -2.19. The fraction of sp³-hybridized carbons (Fsp3) is 0.364. The number of aliphatic hydroxyl groups is 3. The van der Waals surface area contributed by atoms with Crippen LogP contribution in [0.4, 0.5) is 0 Å². The van der Waals surface area contributed by atoms with Crippen LogP contribution in [0.2, 0.25) is 0 Å². The van der Waals surface area contributed by atoms with Crippen LogP contribution in [0, 0.1) is 11.3 Å². The highest BCUT2D eigenvalue weighted by atomic mass is 16.3. The molecule has 0 aliphatic rings. The van der Waals surface area contributed by atoms with Gasteiger partial charge in [-0.1, -0.05) is 6.07 Å². The Hall–Kier alpha value is -1.61. The fourth-order valence-electron chi connectivity index (χ4n) is 1.34. The molecule has 0 spiro atoms. The summed E-state index contributed by atoms with van der Waals surface area (Å²) in [7, 11) is 0. The number of phenols is 1. The Bertz CT molecular complexity index is 399. The SMILES string of the molecule is N#Cc1ccc(C(O)C(O)CCO)cc1O. The Morgan fingerprint density at radius 1 is 1.31 bits per heavy atom. The average molecular weight is 223 g/mol. The summed E-state index contributed by atoms with van der Waals surface area (Å²) >= 11 is 0. The van der Waals surface area contributed by atoms with Gasteiger partial charge in [-0.05, 0) is 24.1 Å². The summed E-state index contributed by atoms with van der Waals surface area (Å²) in [4.78, 5) is 0. The molecule has 4 N–H and O–H groups in total. The molecule has 0 fully saturated rings. The third kappa shape index (κ3) is 2.70. The maximum atomic E-state index is 9.65. The lowest BCUT2D eigenvalue weighted by atomic mass is 10.0. The standard InChI is InChI=1S/C11H13NO4/c12-6-8-2-1-7(5-10(8)15)11(16)9(14)3-4-13/h1-2,5,9,11,13-16H,3-4H2. The van der Waals surface area contributed by atoms with Crippen molar-refractivity contribution in [2.24, 2.45) is 0 Å². The number of aromatic hydroxyl groups is 1. The van der Waals surface area contributed by atoms with Gasteiger partial charge in [0.1, 0.15) is 17.9 Å². The number of phenolic OH excluding ortho intramolecular Hbond substituents is 1. The van der Waals surface area contributed by atoms with Crippen molar-refractivity contribution >= 4 is 0 Å². The van der Waals surface area contributed by atoms with Gasteiger partial charge in [0.25, 0.3) is 0 Å². The van der Waals surface area contributed by atoms with Crippen molar-refractivity contribution in [1.29, 1.82) is 5.26 Å². The third-order valence-electron chi connectivity index (χ3n) is 2.27. The van der Waals surface area contributed by atoms with E-state index < -0.39 is 12.2 Å². The van der Waals surface area contributed by atoms with Crippen molar-refractivity contribution in [3.63, 3.8) is 0 Å². The van der Waals surface area contributed by atoms with Crippen LogP contribution in [0.3, 0.4) is 0 Å². The Morgan fingerprint density at radius 3 is 2.50 bits per heavy atom. The molecule has 0 saturated heterocycles. The fourth-order valence-corrected chi connectivity index (χ4v) is 1.34. The summed E-state index contributed by atoms with van der Waals surface area (Å²) in [5, 5.41) is 45.7. The van der Waals surface area contributed by atoms with E-state index in [-0.39, 0.29) is 24.3 Å². The number of nitrogens with zero attached hydrogens (tertiary/aromatic N) is 1. The zero-order valence-electron chi connectivity index (χ0n) is 8.54. The molecule has 0 aliphatic carbocycles. The molecule has 1 aromatic carbocycles. The van der Waals surface area contributed by atoms with E-state index in [1.807, 2.05) is 0 Å². The zero-order chi connectivity index (χ0) is 12.1. The lowest BCUT2D eigenvalue weighted by molar-refractivity contribution is 0.00413. The van der Waals surface area contributed by atoms with Crippen molar-refractivity contribution in [1.82, 2.24) is 0 Å². The van der Waals surface area contributed by atoms with Gasteiger partial charge in [0, 0.05) is 6.61 Å². The Morgan fingerprint density at radius 2 is 2.00 bits per heavy atom. The summed E-state index contributed by atoms with van der Waals surface area (Å²) in [6.07, 6.45) is -2.25. The number of benzene rings is 1. The van der Waals surface area contributed by atoms with Crippen molar-refractivity contribution < 1.29 is 20.4 Å². The van der Waals surface area contributed by atoms with E-state index >= 15 is 0 Å². The van der Waals surface area contributed by atoms with E-state index in [1.165, 1.54) is 18.2 Å². The molecule has 0 saturated carbocycles. The first-order chi connectivity index (χ1) is 7.60. The molecule has 2 atom stereocenters. The predicted molar refractivity (Wildman–Crippen MR) is 55.5 cm³/mol. The van der Waals surface area contributed by atoms with Crippen LogP contribution < -0.4 is 0 Å². The minimum absolute atomic E-state index is 0.0436. The third-order valence-corrected chi connectivity index (χ3v) is 2.27. The number of aliphatic hydroxyl groups excluding tert-OH is 3. The van der Waals surface area contributed by atoms with Crippen molar-refractivity contribution in [2.45, 2.75) is 18.6 Å². The Labute approximate surface area is 92.8 Å². The molecule has 2 unspecified atom stereocenters. The molecule has 1 rings (SSSR count). The summed E-state index contributed by atoms with van der Waals surface area (Å²) < 4.78 is 0. The van der Waals surface area contributed by atoms with E-state index in [0.717, 1.165) is 0 Å². The summed E-state index contributed by atoms with van der Waals surface area (Å²) in [6, 6.07) is 5.82. The molecule has 0 aliphatic heterocycles. The second-order valence-electron chi connectivity index (χ2n) is 3.41. The maximum Gasteiger partial charge on any atom is 0.133 e. The minimum atomic E-state index is -1.19. The van der Waals surface area contributed by atoms with Gasteiger partial charge >= 0.3 is 0 Å². The maximum absolute atomic E-state index is 9.65. The summed E-state index contributed by atoms with van der Waals surface area (Å²) in [5.74, 6) is -0.241. The largest absolute Gasteiger partial charge is 0.507 e. The first-order valence-corrected chi connectivity index (χ1v) is 4.80. The second kappa shape index (κ2) is 5.47. The molecule has 0 heterocycles. The number of rotatable bonds is 4. The molecule has 16 heavy (non-hydrogen) atoms. The smallest absolute Gasteiger partial charge is 0.133 e. The van der Waals surface area contributed by atoms with Gasteiger partial charge in [-0.25, -0.2) is 0 Å². The highest BCUT2D eigenvalue weighted by Gasteiger charge is 2.18. The van der Waals surface area contributed by atoms with Gasteiger partial charge in [0.2, 0.25) is 0 Å². The highest BCUT2D eigenvalue weighted by Crippen LogP contribution is 2.25. The van der Waals surface area contributed by atoms with Gasteiger partial charge in [0.15, 0.2) is 0 Å². The molecule has 5 nitrogen and oxygen atoms in total. The van der Waals surface area contributed by atoms with E-state index in [1.54, 1.807) is 6.07 Å². The Balaban J connectivity index is 2.89. The molecular weight excluding hydrogens is 210 g/mol. The zero-order valence-corrected chi connectivity index (χ0v) is 8.54. The van der Waals surface area contributed by atoms with Gasteiger partial charge < -0.3 is 20.4 Å². The van der Waals surface area contributed by atoms with Gasteiger partial charge in [-0.15, -0.1) is 0 Å². The van der Waals surface area contributed by atoms with Crippen LogP contribution in [0.15, 0.2) is 18.2 Å². The molecule has 1 aromatic rings. The summed E-state index contributed by atoms with van der Waals surface area (Å²) in [6.45, 7) is -0.236. The van der Waals surface area contributed by atoms with Crippen molar-refractivity contribution in [3.8, 4) is 11.8 Å². The molecule has 86 valence electrons. The first kappa shape index (κ1) is 12.5. The lowest BCUT2D eigenvalue weighted by Gasteiger charge is -2.17. The first-order valence-electron chi connectivity index (χ1n) is 4.80. The number of nitriles is 1. The Kier molecular flexibility index (Phi) is 4.26.